The number of anilines is 1. The Kier molecular flexibility index (Phi) is 4.80. The first-order valence-corrected chi connectivity index (χ1v) is 6.93. The van der Waals surface area contributed by atoms with Crippen molar-refractivity contribution in [1.29, 1.82) is 0 Å². The summed E-state index contributed by atoms with van der Waals surface area (Å²) in [5.74, 6) is 0.395. The molecule has 0 saturated heterocycles. The van der Waals surface area contributed by atoms with E-state index in [4.69, 9.17) is 0 Å². The summed E-state index contributed by atoms with van der Waals surface area (Å²) in [5.41, 5.74) is 1.93. The molecule has 1 aliphatic rings. The van der Waals surface area contributed by atoms with Gasteiger partial charge in [-0.3, -0.25) is 0 Å². The smallest absolute Gasteiger partial charge is 0.319 e. The Morgan fingerprint density at radius 2 is 2.26 bits per heavy atom. The highest BCUT2D eigenvalue weighted by Gasteiger charge is 2.20. The number of nitrogens with one attached hydrogen (secondary N) is 2. The van der Waals surface area contributed by atoms with Crippen LogP contribution in [0.2, 0.25) is 0 Å². The number of aryl methyl sites for hydroxylation is 1. The maximum absolute atomic E-state index is 11.8. The molecule has 0 aliphatic heterocycles. The van der Waals surface area contributed by atoms with Crippen LogP contribution in [-0.2, 0) is 0 Å². The molecule has 2 amide bonds. The average molecular weight is 262 g/mol. The summed E-state index contributed by atoms with van der Waals surface area (Å²) < 4.78 is 0. The van der Waals surface area contributed by atoms with Gasteiger partial charge in [0, 0.05) is 12.2 Å². The van der Waals surface area contributed by atoms with E-state index in [1.54, 1.807) is 0 Å². The number of carbonyl (C=O) groups excluding carboxylic acids is 1. The van der Waals surface area contributed by atoms with Gasteiger partial charge < -0.3 is 15.7 Å². The molecule has 19 heavy (non-hydrogen) atoms. The summed E-state index contributed by atoms with van der Waals surface area (Å²) in [4.78, 5) is 11.8. The van der Waals surface area contributed by atoms with Crippen LogP contribution in [-0.4, -0.2) is 23.8 Å². The van der Waals surface area contributed by atoms with Crippen LogP contribution in [0.25, 0.3) is 0 Å². The van der Waals surface area contributed by atoms with Crippen LogP contribution in [0.5, 0.6) is 0 Å². The summed E-state index contributed by atoms with van der Waals surface area (Å²) in [6, 6.07) is 7.54. The van der Waals surface area contributed by atoms with Gasteiger partial charge >= 0.3 is 6.03 Å². The van der Waals surface area contributed by atoms with E-state index in [1.807, 2.05) is 31.2 Å². The number of hydrogen-bond donors (Lipinski definition) is 3. The van der Waals surface area contributed by atoms with Gasteiger partial charge in [0.25, 0.3) is 0 Å². The van der Waals surface area contributed by atoms with Gasteiger partial charge in [0.05, 0.1) is 6.10 Å². The molecule has 1 fully saturated rings. The van der Waals surface area contributed by atoms with E-state index in [9.17, 15) is 9.90 Å². The van der Waals surface area contributed by atoms with Gasteiger partial charge in [0.15, 0.2) is 0 Å². The van der Waals surface area contributed by atoms with Crippen molar-refractivity contribution in [3.05, 3.63) is 29.8 Å². The fraction of sp³-hybridized carbons (Fsp3) is 0.533. The summed E-state index contributed by atoms with van der Waals surface area (Å²) in [7, 11) is 0. The lowest BCUT2D eigenvalue weighted by atomic mass is 9.87. The van der Waals surface area contributed by atoms with Crippen LogP contribution in [0.4, 0.5) is 10.5 Å². The van der Waals surface area contributed by atoms with Gasteiger partial charge in [-0.2, -0.15) is 0 Å². The zero-order chi connectivity index (χ0) is 13.7. The molecule has 0 bridgehead atoms. The molecule has 1 aliphatic carbocycles. The molecule has 0 radical (unpaired) electrons. The Balaban J connectivity index is 1.75. The standard InChI is InChI=1S/C15H22N2O2/c1-11-4-2-6-13(8-11)17-15(19)16-10-12-5-3-7-14(18)9-12/h2,4,6,8,12,14,18H,3,5,7,9-10H2,1H3,(H2,16,17,19). The van der Waals surface area contributed by atoms with Crippen LogP contribution in [0.3, 0.4) is 0 Å². The lowest BCUT2D eigenvalue weighted by Crippen LogP contribution is -2.35. The Morgan fingerprint density at radius 1 is 1.42 bits per heavy atom. The van der Waals surface area contributed by atoms with Gasteiger partial charge in [-0.05, 0) is 49.8 Å². The van der Waals surface area contributed by atoms with E-state index in [2.05, 4.69) is 10.6 Å². The largest absolute Gasteiger partial charge is 0.393 e. The normalized spacial score (nSPS) is 22.8. The molecule has 1 saturated carbocycles. The lowest BCUT2D eigenvalue weighted by Gasteiger charge is -2.25. The highest BCUT2D eigenvalue weighted by Crippen LogP contribution is 2.23. The minimum absolute atomic E-state index is 0.175. The van der Waals surface area contributed by atoms with Crippen molar-refractivity contribution >= 4 is 11.7 Å². The Labute approximate surface area is 114 Å². The SMILES string of the molecule is Cc1cccc(NC(=O)NCC2CCCC(O)C2)c1. The first-order valence-electron chi connectivity index (χ1n) is 6.93. The van der Waals surface area contributed by atoms with Crippen molar-refractivity contribution in [3.63, 3.8) is 0 Å². The van der Waals surface area contributed by atoms with Crippen molar-refractivity contribution in [2.45, 2.75) is 38.7 Å². The average Bonchev–Trinajstić information content (AvgIpc) is 2.36. The van der Waals surface area contributed by atoms with Crippen molar-refractivity contribution < 1.29 is 9.90 Å². The number of carbonyl (C=O) groups is 1. The maximum atomic E-state index is 11.8. The number of rotatable bonds is 3. The lowest BCUT2D eigenvalue weighted by molar-refractivity contribution is 0.101. The van der Waals surface area contributed by atoms with Crippen molar-refractivity contribution in [3.8, 4) is 0 Å². The maximum Gasteiger partial charge on any atom is 0.319 e. The van der Waals surface area contributed by atoms with Crippen molar-refractivity contribution in [1.82, 2.24) is 5.32 Å². The predicted octanol–water partition coefficient (Wildman–Crippen LogP) is 2.67. The molecule has 0 spiro atoms. The minimum Gasteiger partial charge on any atom is -0.393 e. The third-order valence-corrected chi connectivity index (χ3v) is 3.58. The third-order valence-electron chi connectivity index (χ3n) is 3.58. The Hall–Kier alpha value is -1.55. The van der Waals surface area contributed by atoms with E-state index < -0.39 is 0 Å². The Bertz CT molecular complexity index is 434. The van der Waals surface area contributed by atoms with Crippen molar-refractivity contribution in [2.75, 3.05) is 11.9 Å². The van der Waals surface area contributed by atoms with E-state index in [1.165, 1.54) is 0 Å². The molecule has 3 N–H and O–H groups in total. The summed E-state index contributed by atoms with van der Waals surface area (Å²) >= 11 is 0. The van der Waals surface area contributed by atoms with Crippen molar-refractivity contribution in [2.24, 2.45) is 5.92 Å². The van der Waals surface area contributed by atoms with Gasteiger partial charge in [-0.1, -0.05) is 18.6 Å². The van der Waals surface area contributed by atoms with Crippen LogP contribution in [0, 0.1) is 12.8 Å². The predicted molar refractivity (Wildman–Crippen MR) is 76.2 cm³/mol. The monoisotopic (exact) mass is 262 g/mol. The zero-order valence-electron chi connectivity index (χ0n) is 11.4. The molecule has 104 valence electrons. The van der Waals surface area contributed by atoms with Crippen LogP contribution in [0.15, 0.2) is 24.3 Å². The van der Waals surface area contributed by atoms with E-state index >= 15 is 0 Å². The molecule has 0 heterocycles. The van der Waals surface area contributed by atoms with Crippen LogP contribution < -0.4 is 10.6 Å². The number of benzene rings is 1. The second-order valence-corrected chi connectivity index (χ2v) is 5.39. The molecule has 0 aromatic heterocycles. The second-order valence-electron chi connectivity index (χ2n) is 5.39. The zero-order valence-corrected chi connectivity index (χ0v) is 11.4. The number of hydrogen-bond acceptors (Lipinski definition) is 2. The second kappa shape index (κ2) is 6.57. The number of amides is 2. The van der Waals surface area contributed by atoms with Gasteiger partial charge in [-0.25, -0.2) is 4.79 Å². The number of aliphatic hydroxyl groups excluding tert-OH is 1. The minimum atomic E-state index is -0.194. The summed E-state index contributed by atoms with van der Waals surface area (Å²) in [5, 5.41) is 15.3. The fourth-order valence-electron chi connectivity index (χ4n) is 2.58. The first-order chi connectivity index (χ1) is 9.13. The summed E-state index contributed by atoms with van der Waals surface area (Å²) in [6.07, 6.45) is 3.63. The topological polar surface area (TPSA) is 61.4 Å². The van der Waals surface area contributed by atoms with E-state index in [0.717, 1.165) is 36.9 Å². The van der Waals surface area contributed by atoms with Gasteiger partial charge in [0.1, 0.15) is 0 Å². The highest BCUT2D eigenvalue weighted by atomic mass is 16.3. The molecule has 2 unspecified atom stereocenters. The molecule has 1 aromatic rings. The molecular weight excluding hydrogens is 240 g/mol. The number of aliphatic hydroxyl groups is 1. The first kappa shape index (κ1) is 13.9. The van der Waals surface area contributed by atoms with Gasteiger partial charge in [-0.15, -0.1) is 0 Å². The highest BCUT2D eigenvalue weighted by molar-refractivity contribution is 5.89. The van der Waals surface area contributed by atoms with Crippen LogP contribution >= 0.6 is 0 Å². The molecule has 2 rings (SSSR count). The molecule has 1 aromatic carbocycles. The number of urea groups is 1. The molecule has 4 nitrogen and oxygen atoms in total. The summed E-state index contributed by atoms with van der Waals surface area (Å²) in [6.45, 7) is 2.63. The molecule has 4 heteroatoms. The molecule has 2 atom stereocenters. The third kappa shape index (κ3) is 4.56. The van der Waals surface area contributed by atoms with E-state index in [-0.39, 0.29) is 12.1 Å². The van der Waals surface area contributed by atoms with Gasteiger partial charge in [0.2, 0.25) is 0 Å². The van der Waals surface area contributed by atoms with E-state index in [0.29, 0.717) is 12.5 Å². The van der Waals surface area contributed by atoms with Crippen LogP contribution in [0.1, 0.15) is 31.2 Å². The fourth-order valence-corrected chi connectivity index (χ4v) is 2.58. The quantitative estimate of drug-likeness (QED) is 0.784. The Morgan fingerprint density at radius 3 is 3.00 bits per heavy atom. The molecular formula is C15H22N2O2.